The van der Waals surface area contributed by atoms with Gasteiger partial charge in [-0.1, -0.05) is 0 Å². The van der Waals surface area contributed by atoms with Crippen LogP contribution in [0.5, 0.6) is 0 Å². The molecule has 0 aromatic rings. The highest BCUT2D eigenvalue weighted by atomic mass is 16.6. The van der Waals surface area contributed by atoms with Gasteiger partial charge in [-0.2, -0.15) is 0 Å². The standard InChI is InChI=1S/C14H22N2O5/c1-14(2,3)21-13(20)15-6-7-16(10(8-15)12(18)19)11(17)9-4-5-9/h9-10H,4-8H2,1-3H3,(H,18,19)/p-1. The molecule has 2 rings (SSSR count). The van der Waals surface area contributed by atoms with Crippen molar-refractivity contribution in [1.29, 1.82) is 0 Å². The zero-order valence-electron chi connectivity index (χ0n) is 12.6. The second kappa shape index (κ2) is 5.54. The van der Waals surface area contributed by atoms with E-state index >= 15 is 0 Å². The first-order valence-electron chi connectivity index (χ1n) is 7.18. The Bertz CT molecular complexity index is 453. The minimum absolute atomic E-state index is 0.0556. The van der Waals surface area contributed by atoms with E-state index in [2.05, 4.69) is 0 Å². The van der Waals surface area contributed by atoms with Gasteiger partial charge in [0.05, 0.1) is 12.0 Å². The molecule has 2 aliphatic rings. The third kappa shape index (κ3) is 3.86. The highest BCUT2D eigenvalue weighted by Crippen LogP contribution is 2.32. The van der Waals surface area contributed by atoms with E-state index in [4.69, 9.17) is 4.74 Å². The van der Waals surface area contributed by atoms with Gasteiger partial charge in [0.1, 0.15) is 5.60 Å². The van der Waals surface area contributed by atoms with Crippen LogP contribution in [-0.4, -0.2) is 59.0 Å². The highest BCUT2D eigenvalue weighted by Gasteiger charge is 2.40. The number of hydrogen-bond donors (Lipinski definition) is 0. The second-order valence-electron chi connectivity index (χ2n) is 6.57. The summed E-state index contributed by atoms with van der Waals surface area (Å²) >= 11 is 0. The molecule has 1 saturated carbocycles. The van der Waals surface area contributed by atoms with Gasteiger partial charge in [0.15, 0.2) is 0 Å². The predicted octanol–water partition coefficient (Wildman–Crippen LogP) is -0.406. The van der Waals surface area contributed by atoms with Crippen LogP contribution in [0.15, 0.2) is 0 Å². The van der Waals surface area contributed by atoms with Crippen LogP contribution in [-0.2, 0) is 14.3 Å². The van der Waals surface area contributed by atoms with Crippen LogP contribution in [0.25, 0.3) is 0 Å². The molecule has 0 spiro atoms. The smallest absolute Gasteiger partial charge is 0.410 e. The van der Waals surface area contributed by atoms with E-state index in [1.807, 2.05) is 0 Å². The zero-order valence-corrected chi connectivity index (χ0v) is 12.6. The Morgan fingerprint density at radius 2 is 1.76 bits per heavy atom. The van der Waals surface area contributed by atoms with E-state index in [0.717, 1.165) is 12.8 Å². The molecule has 7 heteroatoms. The summed E-state index contributed by atoms with van der Waals surface area (Å²) in [5.74, 6) is -1.54. The maximum atomic E-state index is 12.1. The van der Waals surface area contributed by atoms with Crippen LogP contribution in [0.3, 0.4) is 0 Å². The van der Waals surface area contributed by atoms with Crippen LogP contribution in [0, 0.1) is 5.92 Å². The predicted molar refractivity (Wildman–Crippen MR) is 71.0 cm³/mol. The molecule has 1 aliphatic carbocycles. The molecular weight excluding hydrogens is 276 g/mol. The van der Waals surface area contributed by atoms with Gasteiger partial charge in [0.2, 0.25) is 5.91 Å². The molecule has 0 aromatic carbocycles. The van der Waals surface area contributed by atoms with Crippen LogP contribution in [0.2, 0.25) is 0 Å². The molecule has 1 unspecified atom stereocenters. The fourth-order valence-corrected chi connectivity index (χ4v) is 2.31. The van der Waals surface area contributed by atoms with Crippen molar-refractivity contribution in [3.05, 3.63) is 0 Å². The summed E-state index contributed by atoms with van der Waals surface area (Å²) in [6, 6.07) is -1.10. The lowest BCUT2D eigenvalue weighted by Gasteiger charge is -2.42. The van der Waals surface area contributed by atoms with E-state index in [1.165, 1.54) is 9.80 Å². The van der Waals surface area contributed by atoms with E-state index in [1.54, 1.807) is 20.8 Å². The largest absolute Gasteiger partial charge is 0.548 e. The SMILES string of the molecule is CC(C)(C)OC(=O)N1CCN(C(=O)C2CC2)C(C(=O)[O-])C1. The minimum Gasteiger partial charge on any atom is -0.548 e. The van der Waals surface area contributed by atoms with Gasteiger partial charge < -0.3 is 24.4 Å². The number of hydrogen-bond acceptors (Lipinski definition) is 5. The summed E-state index contributed by atoms with van der Waals surface area (Å²) in [6.07, 6.45) is 1.06. The van der Waals surface area contributed by atoms with Gasteiger partial charge in [0.25, 0.3) is 0 Å². The number of piperazine rings is 1. The third-order valence-corrected chi connectivity index (χ3v) is 3.51. The number of ether oxygens (including phenoxy) is 1. The number of nitrogens with zero attached hydrogens (tertiary/aromatic N) is 2. The molecule has 7 nitrogen and oxygen atoms in total. The van der Waals surface area contributed by atoms with Gasteiger partial charge in [-0.25, -0.2) is 4.79 Å². The van der Waals surface area contributed by atoms with Crippen molar-refractivity contribution in [3.8, 4) is 0 Å². The number of carbonyl (C=O) groups excluding carboxylic acids is 3. The van der Waals surface area contributed by atoms with Crippen molar-refractivity contribution in [2.75, 3.05) is 19.6 Å². The molecule has 2 amide bonds. The molecule has 0 N–H and O–H groups in total. The molecule has 1 saturated heterocycles. The third-order valence-electron chi connectivity index (χ3n) is 3.51. The maximum Gasteiger partial charge on any atom is 0.410 e. The summed E-state index contributed by atoms with van der Waals surface area (Å²) < 4.78 is 5.23. The Hall–Kier alpha value is -1.79. The Kier molecular flexibility index (Phi) is 4.11. The first-order valence-corrected chi connectivity index (χ1v) is 7.18. The minimum atomic E-state index is -1.34. The van der Waals surface area contributed by atoms with E-state index in [0.29, 0.717) is 0 Å². The topological polar surface area (TPSA) is 90.0 Å². The molecule has 118 valence electrons. The first-order chi connectivity index (χ1) is 9.69. The van der Waals surface area contributed by atoms with E-state index in [-0.39, 0.29) is 31.5 Å². The normalized spacial score (nSPS) is 22.9. The molecule has 1 aliphatic heterocycles. The lowest BCUT2D eigenvalue weighted by atomic mass is 10.1. The van der Waals surface area contributed by atoms with Crippen LogP contribution in [0.4, 0.5) is 4.79 Å². The van der Waals surface area contributed by atoms with Crippen LogP contribution >= 0.6 is 0 Å². The van der Waals surface area contributed by atoms with Crippen molar-refractivity contribution in [2.45, 2.75) is 45.3 Å². The van der Waals surface area contributed by atoms with E-state index < -0.39 is 23.7 Å². The summed E-state index contributed by atoms with van der Waals surface area (Å²) in [5.41, 5.74) is -0.644. The Morgan fingerprint density at radius 3 is 2.24 bits per heavy atom. The van der Waals surface area contributed by atoms with Crippen molar-refractivity contribution >= 4 is 18.0 Å². The van der Waals surface area contributed by atoms with Crippen molar-refractivity contribution in [2.24, 2.45) is 5.92 Å². The van der Waals surface area contributed by atoms with Gasteiger partial charge in [-0.3, -0.25) is 4.79 Å². The van der Waals surface area contributed by atoms with Gasteiger partial charge in [0, 0.05) is 25.6 Å². The van der Waals surface area contributed by atoms with Crippen molar-refractivity contribution in [3.63, 3.8) is 0 Å². The number of aliphatic carboxylic acids is 1. The molecule has 1 atom stereocenters. The first kappa shape index (κ1) is 15.6. The lowest BCUT2D eigenvalue weighted by Crippen LogP contribution is -2.62. The van der Waals surface area contributed by atoms with Crippen LogP contribution < -0.4 is 5.11 Å². The van der Waals surface area contributed by atoms with Gasteiger partial charge in [-0.05, 0) is 33.6 Å². The summed E-state index contributed by atoms with van der Waals surface area (Å²) in [5, 5.41) is 11.3. The van der Waals surface area contributed by atoms with Crippen molar-refractivity contribution < 1.29 is 24.2 Å². The number of carbonyl (C=O) groups is 3. The second-order valence-corrected chi connectivity index (χ2v) is 6.57. The Balaban J connectivity index is 2.02. The number of carboxylic acids is 1. The van der Waals surface area contributed by atoms with Crippen molar-refractivity contribution in [1.82, 2.24) is 9.80 Å². The summed E-state index contributed by atoms with van der Waals surface area (Å²) in [7, 11) is 0. The zero-order chi connectivity index (χ0) is 15.8. The maximum absolute atomic E-state index is 12.1. The molecule has 0 aromatic heterocycles. The fourth-order valence-electron chi connectivity index (χ4n) is 2.31. The Morgan fingerprint density at radius 1 is 1.14 bits per heavy atom. The summed E-state index contributed by atoms with van der Waals surface area (Å²) in [6.45, 7) is 5.62. The molecule has 21 heavy (non-hydrogen) atoms. The molecule has 1 heterocycles. The highest BCUT2D eigenvalue weighted by molar-refractivity contribution is 5.86. The van der Waals surface area contributed by atoms with Gasteiger partial charge >= 0.3 is 6.09 Å². The molecule has 2 fully saturated rings. The number of amides is 2. The Labute approximate surface area is 123 Å². The molecule has 0 bridgehead atoms. The fraction of sp³-hybridized carbons (Fsp3) is 0.786. The average molecular weight is 297 g/mol. The van der Waals surface area contributed by atoms with E-state index in [9.17, 15) is 19.5 Å². The quantitative estimate of drug-likeness (QED) is 0.691. The van der Waals surface area contributed by atoms with Gasteiger partial charge in [-0.15, -0.1) is 0 Å². The summed E-state index contributed by atoms with van der Waals surface area (Å²) in [4.78, 5) is 38.0. The number of carboxylic acid groups (broad SMARTS) is 1. The lowest BCUT2D eigenvalue weighted by molar-refractivity contribution is -0.312. The molecular formula is C14H21N2O5-. The number of rotatable bonds is 2. The van der Waals surface area contributed by atoms with Crippen LogP contribution in [0.1, 0.15) is 33.6 Å². The monoisotopic (exact) mass is 297 g/mol. The molecule has 0 radical (unpaired) electrons. The average Bonchev–Trinajstić information content (AvgIpc) is 3.19.